The predicted molar refractivity (Wildman–Crippen MR) is 90.4 cm³/mol. The van der Waals surface area contributed by atoms with E-state index in [1.807, 2.05) is 0 Å². The molecule has 2 rings (SSSR count). The van der Waals surface area contributed by atoms with E-state index in [-0.39, 0.29) is 0 Å². The monoisotopic (exact) mass is 295 g/mol. The van der Waals surface area contributed by atoms with Gasteiger partial charge < -0.3 is 10.4 Å². The number of aliphatic hydroxyl groups is 1. The topological polar surface area (TPSA) is 32.3 Å². The molecule has 21 heavy (non-hydrogen) atoms. The quantitative estimate of drug-likeness (QED) is 0.731. The maximum Gasteiger partial charge on any atom is 0.0459 e. The Bertz CT molecular complexity index is 264. The third-order valence-electron chi connectivity index (χ3n) is 6.38. The normalized spacial score (nSPS) is 31.0. The summed E-state index contributed by atoms with van der Waals surface area (Å²) >= 11 is 0. The molecule has 0 aromatic heterocycles. The zero-order valence-corrected chi connectivity index (χ0v) is 14.3. The van der Waals surface area contributed by atoms with E-state index in [1.54, 1.807) is 0 Å². The van der Waals surface area contributed by atoms with Gasteiger partial charge in [0.05, 0.1) is 0 Å². The zero-order valence-electron chi connectivity index (χ0n) is 14.3. The molecule has 2 nitrogen and oxygen atoms in total. The Morgan fingerprint density at radius 1 is 0.857 bits per heavy atom. The largest absolute Gasteiger partial charge is 0.396 e. The second-order valence-corrected chi connectivity index (χ2v) is 7.89. The van der Waals surface area contributed by atoms with E-state index in [1.165, 1.54) is 64.2 Å². The average Bonchev–Trinajstić information content (AvgIpc) is 2.55. The summed E-state index contributed by atoms with van der Waals surface area (Å²) in [6.07, 6.45) is 14.4. The van der Waals surface area contributed by atoms with E-state index >= 15 is 0 Å². The maximum atomic E-state index is 9.19. The Labute approximate surface area is 132 Å². The minimum absolute atomic E-state index is 0.327. The van der Waals surface area contributed by atoms with Crippen LogP contribution in [0.4, 0.5) is 0 Å². The number of rotatable bonds is 7. The molecule has 0 aromatic carbocycles. The lowest BCUT2D eigenvalue weighted by Gasteiger charge is -2.36. The third-order valence-corrected chi connectivity index (χ3v) is 6.38. The van der Waals surface area contributed by atoms with Crippen molar-refractivity contribution >= 4 is 0 Å². The van der Waals surface area contributed by atoms with Crippen molar-refractivity contribution in [2.75, 3.05) is 13.2 Å². The minimum Gasteiger partial charge on any atom is -0.396 e. The smallest absolute Gasteiger partial charge is 0.0459 e. The predicted octanol–water partition coefficient (Wildman–Crippen LogP) is 4.37. The van der Waals surface area contributed by atoms with E-state index in [4.69, 9.17) is 0 Å². The van der Waals surface area contributed by atoms with Crippen LogP contribution < -0.4 is 5.32 Å². The Balaban J connectivity index is 1.58. The van der Waals surface area contributed by atoms with E-state index in [0.29, 0.717) is 18.4 Å². The molecular formula is C19H37NO. The lowest BCUT2D eigenvalue weighted by molar-refractivity contribution is 0.171. The van der Waals surface area contributed by atoms with Crippen molar-refractivity contribution in [3.05, 3.63) is 0 Å². The summed E-state index contributed by atoms with van der Waals surface area (Å²) in [4.78, 5) is 0. The molecule has 2 aliphatic carbocycles. The molecule has 2 atom stereocenters. The van der Waals surface area contributed by atoms with Crippen molar-refractivity contribution in [1.29, 1.82) is 0 Å². The summed E-state index contributed by atoms with van der Waals surface area (Å²) in [6, 6.07) is 0.765. The molecule has 2 saturated carbocycles. The van der Waals surface area contributed by atoms with Crippen LogP contribution in [-0.2, 0) is 0 Å². The molecule has 0 aromatic rings. The van der Waals surface area contributed by atoms with Gasteiger partial charge in [0.1, 0.15) is 0 Å². The van der Waals surface area contributed by atoms with Crippen LogP contribution in [0, 0.1) is 23.7 Å². The van der Waals surface area contributed by atoms with Crippen LogP contribution >= 0.6 is 0 Å². The first-order valence-corrected chi connectivity index (χ1v) is 9.55. The van der Waals surface area contributed by atoms with Crippen LogP contribution in [-0.4, -0.2) is 24.3 Å². The third kappa shape index (κ3) is 5.56. The van der Waals surface area contributed by atoms with Gasteiger partial charge in [-0.2, -0.15) is 0 Å². The van der Waals surface area contributed by atoms with E-state index < -0.39 is 0 Å². The zero-order chi connectivity index (χ0) is 15.1. The van der Waals surface area contributed by atoms with Gasteiger partial charge >= 0.3 is 0 Å². The molecule has 124 valence electrons. The summed E-state index contributed by atoms with van der Waals surface area (Å²) in [7, 11) is 0. The fraction of sp³-hybridized carbons (Fsp3) is 1.00. The van der Waals surface area contributed by atoms with Crippen LogP contribution in [0.1, 0.15) is 78.1 Å². The lowest BCUT2D eigenvalue weighted by atomic mass is 9.72. The summed E-state index contributed by atoms with van der Waals surface area (Å²) in [5.74, 6) is 3.16. The molecule has 0 amide bonds. The molecule has 0 spiro atoms. The van der Waals surface area contributed by atoms with Gasteiger partial charge in [0.15, 0.2) is 0 Å². The van der Waals surface area contributed by atoms with Crippen molar-refractivity contribution in [2.24, 2.45) is 23.7 Å². The van der Waals surface area contributed by atoms with Crippen LogP contribution in [0.15, 0.2) is 0 Å². The van der Waals surface area contributed by atoms with Gasteiger partial charge in [0, 0.05) is 12.6 Å². The van der Waals surface area contributed by atoms with Gasteiger partial charge in [0.2, 0.25) is 0 Å². The van der Waals surface area contributed by atoms with Gasteiger partial charge in [-0.15, -0.1) is 0 Å². The Morgan fingerprint density at radius 2 is 1.48 bits per heavy atom. The standard InChI is InChI=1S/C19H37NO/c1-15(16(2)14-21)12-13-20-19-10-8-18(9-11-19)17-6-4-3-5-7-17/h15-21H,3-14H2,1-2H3. The molecule has 0 bridgehead atoms. The molecular weight excluding hydrogens is 258 g/mol. The molecule has 2 fully saturated rings. The molecule has 0 heterocycles. The highest BCUT2D eigenvalue weighted by Gasteiger charge is 2.28. The molecule has 2 N–H and O–H groups in total. The highest BCUT2D eigenvalue weighted by atomic mass is 16.3. The first-order valence-electron chi connectivity index (χ1n) is 9.55. The fourth-order valence-corrected chi connectivity index (χ4v) is 4.38. The second kappa shape index (κ2) is 9.15. The van der Waals surface area contributed by atoms with Crippen molar-refractivity contribution in [3.8, 4) is 0 Å². The number of aliphatic hydroxyl groups excluding tert-OH is 1. The fourth-order valence-electron chi connectivity index (χ4n) is 4.38. The Morgan fingerprint density at radius 3 is 2.10 bits per heavy atom. The Kier molecular flexibility index (Phi) is 7.53. The van der Waals surface area contributed by atoms with Crippen LogP contribution in [0.2, 0.25) is 0 Å². The second-order valence-electron chi connectivity index (χ2n) is 7.89. The number of hydrogen-bond donors (Lipinski definition) is 2. The van der Waals surface area contributed by atoms with Crippen LogP contribution in [0.3, 0.4) is 0 Å². The van der Waals surface area contributed by atoms with Crippen molar-refractivity contribution < 1.29 is 5.11 Å². The summed E-state index contributed by atoms with van der Waals surface area (Å²) in [5, 5.41) is 13.0. The maximum absolute atomic E-state index is 9.19. The highest BCUT2D eigenvalue weighted by Crippen LogP contribution is 2.38. The summed E-state index contributed by atoms with van der Waals surface area (Å²) in [5.41, 5.74) is 0. The first kappa shape index (κ1) is 17.3. The van der Waals surface area contributed by atoms with E-state index in [0.717, 1.165) is 24.4 Å². The molecule has 0 aliphatic heterocycles. The van der Waals surface area contributed by atoms with E-state index in [2.05, 4.69) is 19.2 Å². The molecule has 2 unspecified atom stereocenters. The van der Waals surface area contributed by atoms with Gasteiger partial charge in [-0.3, -0.25) is 0 Å². The van der Waals surface area contributed by atoms with Gasteiger partial charge in [0.25, 0.3) is 0 Å². The molecule has 2 aliphatic rings. The average molecular weight is 296 g/mol. The lowest BCUT2D eigenvalue weighted by Crippen LogP contribution is -2.36. The van der Waals surface area contributed by atoms with E-state index in [9.17, 15) is 5.11 Å². The molecule has 0 saturated heterocycles. The van der Waals surface area contributed by atoms with Gasteiger partial charge in [-0.1, -0.05) is 46.0 Å². The van der Waals surface area contributed by atoms with Gasteiger partial charge in [-0.25, -0.2) is 0 Å². The van der Waals surface area contributed by atoms with Crippen LogP contribution in [0.5, 0.6) is 0 Å². The van der Waals surface area contributed by atoms with Crippen molar-refractivity contribution in [1.82, 2.24) is 5.32 Å². The first-order chi connectivity index (χ1) is 10.2. The van der Waals surface area contributed by atoms with Crippen molar-refractivity contribution in [2.45, 2.75) is 84.1 Å². The summed E-state index contributed by atoms with van der Waals surface area (Å²) in [6.45, 7) is 5.88. The van der Waals surface area contributed by atoms with Crippen LogP contribution in [0.25, 0.3) is 0 Å². The minimum atomic E-state index is 0.327. The Hall–Kier alpha value is -0.0800. The van der Waals surface area contributed by atoms with Crippen molar-refractivity contribution in [3.63, 3.8) is 0 Å². The number of hydrogen-bond acceptors (Lipinski definition) is 2. The summed E-state index contributed by atoms with van der Waals surface area (Å²) < 4.78 is 0. The van der Waals surface area contributed by atoms with Gasteiger partial charge in [-0.05, 0) is 62.3 Å². The number of nitrogens with one attached hydrogen (secondary N) is 1. The SMILES string of the molecule is CC(CO)C(C)CCNC1CCC(C2CCCCC2)CC1. The highest BCUT2D eigenvalue weighted by molar-refractivity contribution is 4.82. The molecule has 0 radical (unpaired) electrons. The molecule has 2 heteroatoms.